The van der Waals surface area contributed by atoms with Gasteiger partial charge in [-0.25, -0.2) is 0 Å². The van der Waals surface area contributed by atoms with Gasteiger partial charge in [0.15, 0.2) is 5.82 Å². The van der Waals surface area contributed by atoms with Crippen molar-refractivity contribution in [1.29, 1.82) is 0 Å². The van der Waals surface area contributed by atoms with Gasteiger partial charge in [-0.1, -0.05) is 0 Å². The molecule has 0 saturated heterocycles. The van der Waals surface area contributed by atoms with E-state index in [1.807, 2.05) is 14.1 Å². The number of nitrogens with one attached hydrogen (secondary N) is 2. The van der Waals surface area contributed by atoms with E-state index in [1.54, 1.807) is 12.1 Å². The van der Waals surface area contributed by atoms with Crippen LogP contribution in [0.3, 0.4) is 0 Å². The van der Waals surface area contributed by atoms with Crippen molar-refractivity contribution in [2.45, 2.75) is 6.42 Å². The lowest BCUT2D eigenvalue weighted by Gasteiger charge is -2.12. The molecule has 1 aromatic heterocycles. The van der Waals surface area contributed by atoms with Crippen LogP contribution in [0.25, 0.3) is 0 Å². The van der Waals surface area contributed by atoms with Crippen molar-refractivity contribution >= 4 is 21.8 Å². The molecule has 0 aliphatic rings. The molecule has 20 heavy (non-hydrogen) atoms. The van der Waals surface area contributed by atoms with Crippen LogP contribution in [0.2, 0.25) is 0 Å². The Morgan fingerprint density at radius 3 is 2.20 bits per heavy atom. The van der Waals surface area contributed by atoms with Crippen LogP contribution in [0, 0.1) is 0 Å². The summed E-state index contributed by atoms with van der Waals surface area (Å²) in [5, 5.41) is 10.9. The highest BCUT2D eigenvalue weighted by Gasteiger charge is 2.13. The lowest BCUT2D eigenvalue weighted by atomic mass is 10.4. The minimum absolute atomic E-state index is 0.192. The fourth-order valence-corrected chi connectivity index (χ4v) is 1.87. The molecule has 0 saturated carbocycles. The first-order valence-electron chi connectivity index (χ1n) is 6.24. The summed E-state index contributed by atoms with van der Waals surface area (Å²) in [5.41, 5.74) is 0. The van der Waals surface area contributed by atoms with E-state index in [4.69, 9.17) is 0 Å². The molecule has 0 unspecified atom stereocenters. The van der Waals surface area contributed by atoms with Gasteiger partial charge in [0.25, 0.3) is 0 Å². The summed E-state index contributed by atoms with van der Waals surface area (Å²) in [6.07, 6.45) is 0.990. The Labute approximate surface area is 120 Å². The summed E-state index contributed by atoms with van der Waals surface area (Å²) < 4.78 is 26.6. The summed E-state index contributed by atoms with van der Waals surface area (Å²) in [7, 11) is 3.38. The molecule has 9 heteroatoms. The van der Waals surface area contributed by atoms with Crippen molar-refractivity contribution in [1.82, 2.24) is 19.4 Å². The van der Waals surface area contributed by atoms with Gasteiger partial charge in [-0.05, 0) is 39.2 Å². The molecule has 114 valence electrons. The van der Waals surface area contributed by atoms with Crippen molar-refractivity contribution in [3.63, 3.8) is 0 Å². The van der Waals surface area contributed by atoms with Crippen molar-refractivity contribution in [2.24, 2.45) is 0 Å². The summed E-state index contributed by atoms with van der Waals surface area (Å²) in [6.45, 7) is 1.77. The highest BCUT2D eigenvalue weighted by atomic mass is 32.2. The van der Waals surface area contributed by atoms with Crippen molar-refractivity contribution in [3.8, 4) is 0 Å². The largest absolute Gasteiger partial charge is 0.369 e. The number of aromatic nitrogens is 2. The predicted octanol–water partition coefficient (Wildman–Crippen LogP) is 0.0585. The van der Waals surface area contributed by atoms with Gasteiger partial charge in [-0.2, -0.15) is 12.7 Å². The summed E-state index contributed by atoms with van der Waals surface area (Å²) in [6, 6.07) is 3.26. The van der Waals surface area contributed by atoms with Gasteiger partial charge in [0.05, 0.1) is 0 Å². The average molecular weight is 302 g/mol. The second-order valence-corrected chi connectivity index (χ2v) is 6.66. The van der Waals surface area contributed by atoms with Crippen LogP contribution < -0.4 is 10.0 Å². The number of rotatable bonds is 8. The molecule has 1 aromatic rings. The number of anilines is 2. The van der Waals surface area contributed by atoms with Gasteiger partial charge in [-0.3, -0.25) is 4.72 Å². The Kier molecular flexibility index (Phi) is 6.11. The van der Waals surface area contributed by atoms with Crippen LogP contribution >= 0.6 is 0 Å². The highest BCUT2D eigenvalue weighted by Crippen LogP contribution is 2.08. The van der Waals surface area contributed by atoms with Crippen molar-refractivity contribution in [2.75, 3.05) is 51.3 Å². The van der Waals surface area contributed by atoms with Crippen molar-refractivity contribution in [3.05, 3.63) is 12.1 Å². The van der Waals surface area contributed by atoms with Gasteiger partial charge >= 0.3 is 10.2 Å². The van der Waals surface area contributed by atoms with E-state index in [0.29, 0.717) is 5.82 Å². The Balaban J connectivity index is 2.48. The standard InChI is InChI=1S/C11H22N6O2S/c1-16(2)9-5-8-12-10-6-7-11(14-13-10)15-20(18,19)17(3)4/h6-7H,5,8-9H2,1-4H3,(H,12,13)(H,14,15). The van der Waals surface area contributed by atoms with Crippen LogP contribution in [0.1, 0.15) is 6.42 Å². The fourth-order valence-electron chi connectivity index (χ4n) is 1.32. The zero-order chi connectivity index (χ0) is 15.2. The smallest absolute Gasteiger partial charge is 0.302 e. The highest BCUT2D eigenvalue weighted by molar-refractivity contribution is 7.90. The Bertz CT molecular complexity index is 500. The van der Waals surface area contributed by atoms with Crippen LogP contribution in [0.4, 0.5) is 11.6 Å². The number of hydrogen-bond acceptors (Lipinski definition) is 6. The molecule has 0 aromatic carbocycles. The molecule has 0 aliphatic heterocycles. The molecule has 0 fully saturated rings. The lowest BCUT2D eigenvalue weighted by molar-refractivity contribution is 0.405. The minimum atomic E-state index is -3.54. The number of nitrogens with zero attached hydrogens (tertiary/aromatic N) is 4. The zero-order valence-electron chi connectivity index (χ0n) is 12.3. The van der Waals surface area contributed by atoms with E-state index in [2.05, 4.69) is 25.1 Å². The molecule has 0 atom stereocenters. The third kappa shape index (κ3) is 5.68. The first-order chi connectivity index (χ1) is 9.31. The first kappa shape index (κ1) is 16.6. The van der Waals surface area contributed by atoms with Crippen LogP contribution in [-0.4, -0.2) is 69.1 Å². The Morgan fingerprint density at radius 2 is 1.70 bits per heavy atom. The zero-order valence-corrected chi connectivity index (χ0v) is 13.1. The second-order valence-electron chi connectivity index (χ2n) is 4.78. The van der Waals surface area contributed by atoms with Gasteiger partial charge in [0.1, 0.15) is 5.82 Å². The molecular formula is C11H22N6O2S. The molecule has 2 N–H and O–H groups in total. The number of hydrogen-bond donors (Lipinski definition) is 2. The molecular weight excluding hydrogens is 280 g/mol. The minimum Gasteiger partial charge on any atom is -0.369 e. The molecule has 0 aliphatic carbocycles. The van der Waals surface area contributed by atoms with Crippen LogP contribution in [0.5, 0.6) is 0 Å². The Hall–Kier alpha value is -1.45. The molecule has 0 radical (unpaired) electrons. The second kappa shape index (κ2) is 7.36. The topological polar surface area (TPSA) is 90.5 Å². The fraction of sp³-hybridized carbons (Fsp3) is 0.636. The molecule has 0 bridgehead atoms. The SMILES string of the molecule is CN(C)CCCNc1ccc(NS(=O)(=O)N(C)C)nn1. The maximum absolute atomic E-state index is 11.6. The predicted molar refractivity (Wildman–Crippen MR) is 79.9 cm³/mol. The van der Waals surface area contributed by atoms with E-state index in [1.165, 1.54) is 14.1 Å². The normalized spacial score (nSPS) is 11.9. The maximum Gasteiger partial charge on any atom is 0.302 e. The molecule has 8 nitrogen and oxygen atoms in total. The van der Waals surface area contributed by atoms with E-state index < -0.39 is 10.2 Å². The molecule has 0 spiro atoms. The van der Waals surface area contributed by atoms with Gasteiger partial charge in [-0.15, -0.1) is 10.2 Å². The summed E-state index contributed by atoms with van der Waals surface area (Å²) >= 11 is 0. The quantitative estimate of drug-likeness (QED) is 0.660. The van der Waals surface area contributed by atoms with Gasteiger partial charge in [0, 0.05) is 20.6 Å². The van der Waals surface area contributed by atoms with Crippen LogP contribution in [0.15, 0.2) is 12.1 Å². The monoisotopic (exact) mass is 302 g/mol. The third-order valence-corrected chi connectivity index (χ3v) is 3.90. The van der Waals surface area contributed by atoms with E-state index in [0.717, 1.165) is 23.8 Å². The van der Waals surface area contributed by atoms with Crippen molar-refractivity contribution < 1.29 is 8.42 Å². The lowest BCUT2D eigenvalue weighted by Crippen LogP contribution is -2.29. The van der Waals surface area contributed by atoms with E-state index in [-0.39, 0.29) is 5.82 Å². The van der Waals surface area contributed by atoms with Gasteiger partial charge < -0.3 is 10.2 Å². The Morgan fingerprint density at radius 1 is 1.10 bits per heavy atom. The summed E-state index contributed by atoms with van der Waals surface area (Å²) in [5.74, 6) is 0.814. The average Bonchev–Trinajstić information content (AvgIpc) is 2.35. The van der Waals surface area contributed by atoms with E-state index in [9.17, 15) is 8.42 Å². The first-order valence-corrected chi connectivity index (χ1v) is 7.68. The molecule has 0 amide bonds. The van der Waals surface area contributed by atoms with Gasteiger partial charge in [0.2, 0.25) is 0 Å². The van der Waals surface area contributed by atoms with E-state index >= 15 is 0 Å². The molecule has 1 rings (SSSR count). The maximum atomic E-state index is 11.6. The third-order valence-electron chi connectivity index (χ3n) is 2.47. The summed E-state index contributed by atoms with van der Waals surface area (Å²) in [4.78, 5) is 2.10. The van der Waals surface area contributed by atoms with Crippen LogP contribution in [-0.2, 0) is 10.2 Å². The molecule has 1 heterocycles.